The first kappa shape index (κ1) is 18.8. The molecule has 0 spiro atoms. The number of thiocarbonyl (C=S) groups is 1. The summed E-state index contributed by atoms with van der Waals surface area (Å²) in [4.78, 5) is 37.1. The number of rotatable bonds is 4. The molecule has 136 valence electrons. The van der Waals surface area contributed by atoms with E-state index >= 15 is 0 Å². The van der Waals surface area contributed by atoms with Crippen molar-refractivity contribution >= 4 is 57.8 Å². The Kier molecular flexibility index (Phi) is 5.38. The third kappa shape index (κ3) is 4.24. The number of carbonyl (C=O) groups is 3. The molecule has 2 N–H and O–H groups in total. The Morgan fingerprint density at radius 1 is 1.07 bits per heavy atom. The van der Waals surface area contributed by atoms with Crippen LogP contribution >= 0.6 is 24.0 Å². The molecule has 0 aromatic heterocycles. The van der Waals surface area contributed by atoms with Gasteiger partial charge in [-0.15, -0.1) is 0 Å². The van der Waals surface area contributed by atoms with E-state index in [0.717, 1.165) is 5.56 Å². The number of hydrogen-bond donors (Lipinski definition) is 2. The van der Waals surface area contributed by atoms with Gasteiger partial charge in [0.1, 0.15) is 4.32 Å². The monoisotopic (exact) mass is 398 g/mol. The lowest BCUT2D eigenvalue weighted by Crippen LogP contribution is -2.22. The van der Waals surface area contributed by atoms with Gasteiger partial charge in [-0.1, -0.05) is 36.1 Å². The van der Waals surface area contributed by atoms with E-state index in [1.165, 1.54) is 40.9 Å². The summed E-state index contributed by atoms with van der Waals surface area (Å²) < 4.78 is 0.510. The van der Waals surface area contributed by atoms with E-state index in [1.807, 2.05) is 0 Å². The fourth-order valence-electron chi connectivity index (χ4n) is 2.33. The van der Waals surface area contributed by atoms with Gasteiger partial charge < -0.3 is 10.4 Å². The number of likely N-dealkylation sites (N-methyl/N-ethyl adjacent to an activating group) is 1. The van der Waals surface area contributed by atoms with Gasteiger partial charge in [0.15, 0.2) is 0 Å². The Labute approximate surface area is 164 Å². The molecule has 2 aromatic carbocycles. The molecule has 2 aromatic rings. The van der Waals surface area contributed by atoms with Gasteiger partial charge in [-0.25, -0.2) is 4.79 Å². The Hall–Kier alpha value is -2.97. The van der Waals surface area contributed by atoms with Crippen LogP contribution in [0.1, 0.15) is 26.3 Å². The molecule has 8 heteroatoms. The second kappa shape index (κ2) is 7.73. The number of thioether (sulfide) groups is 1. The fraction of sp³-hybridized carbons (Fsp3) is 0.0526. The van der Waals surface area contributed by atoms with Crippen LogP contribution in [0, 0.1) is 0 Å². The molecule has 0 unspecified atom stereocenters. The Bertz CT molecular complexity index is 966. The van der Waals surface area contributed by atoms with Gasteiger partial charge >= 0.3 is 5.97 Å². The third-order valence-corrected chi connectivity index (χ3v) is 5.33. The van der Waals surface area contributed by atoms with E-state index in [-0.39, 0.29) is 17.4 Å². The fourth-order valence-corrected chi connectivity index (χ4v) is 3.51. The molecule has 0 saturated carbocycles. The molecule has 3 rings (SSSR count). The van der Waals surface area contributed by atoms with Crippen LogP contribution in [-0.2, 0) is 4.79 Å². The summed E-state index contributed by atoms with van der Waals surface area (Å²) in [5, 5.41) is 11.6. The van der Waals surface area contributed by atoms with Gasteiger partial charge in [0.25, 0.3) is 11.8 Å². The van der Waals surface area contributed by atoms with E-state index in [9.17, 15) is 14.4 Å². The van der Waals surface area contributed by atoms with Gasteiger partial charge in [0.05, 0.1) is 10.5 Å². The first-order valence-electron chi connectivity index (χ1n) is 7.81. The van der Waals surface area contributed by atoms with E-state index < -0.39 is 5.97 Å². The summed E-state index contributed by atoms with van der Waals surface area (Å²) in [5.74, 6) is -1.48. The number of anilines is 1. The van der Waals surface area contributed by atoms with Crippen LogP contribution in [0.2, 0.25) is 0 Å². The largest absolute Gasteiger partial charge is 0.478 e. The van der Waals surface area contributed by atoms with Crippen molar-refractivity contribution in [2.45, 2.75) is 0 Å². The maximum absolute atomic E-state index is 12.3. The van der Waals surface area contributed by atoms with Crippen molar-refractivity contribution < 1.29 is 19.5 Å². The second-order valence-electron chi connectivity index (χ2n) is 5.70. The number of nitrogens with zero attached hydrogens (tertiary/aromatic N) is 1. The zero-order chi connectivity index (χ0) is 19.6. The number of amides is 2. The van der Waals surface area contributed by atoms with Crippen molar-refractivity contribution in [3.63, 3.8) is 0 Å². The molecule has 2 amide bonds. The molecule has 1 aliphatic rings. The average molecular weight is 398 g/mol. The van der Waals surface area contributed by atoms with Crippen molar-refractivity contribution in [2.75, 3.05) is 12.4 Å². The van der Waals surface area contributed by atoms with Crippen molar-refractivity contribution in [3.05, 3.63) is 70.1 Å². The summed E-state index contributed by atoms with van der Waals surface area (Å²) in [6, 6.07) is 12.7. The lowest BCUT2D eigenvalue weighted by atomic mass is 10.1. The number of hydrogen-bond acceptors (Lipinski definition) is 5. The maximum Gasteiger partial charge on any atom is 0.335 e. The number of benzene rings is 2. The van der Waals surface area contributed by atoms with Gasteiger partial charge in [-0.3, -0.25) is 14.5 Å². The standard InChI is InChI=1S/C19H14N2O4S2/c1-21-17(23)15(27-19(21)26)10-11-2-4-12(5-3-11)16(22)20-14-8-6-13(7-9-14)18(24)25/h2-10H,1H3,(H,20,22)(H,24,25). The molecule has 1 fully saturated rings. The van der Waals surface area contributed by atoms with Gasteiger partial charge in [-0.2, -0.15) is 0 Å². The molecule has 0 bridgehead atoms. The smallest absolute Gasteiger partial charge is 0.335 e. The minimum absolute atomic E-state index is 0.142. The van der Waals surface area contributed by atoms with Crippen LogP contribution in [0.4, 0.5) is 5.69 Å². The highest BCUT2D eigenvalue weighted by Crippen LogP contribution is 2.31. The molecule has 6 nitrogen and oxygen atoms in total. The summed E-state index contributed by atoms with van der Waals surface area (Å²) in [6.07, 6.45) is 1.73. The SMILES string of the molecule is CN1C(=O)C(=Cc2ccc(C(=O)Nc3ccc(C(=O)O)cc3)cc2)SC1=S. The number of carbonyl (C=O) groups excluding carboxylic acids is 2. The molecule has 0 atom stereocenters. The van der Waals surface area contributed by atoms with Crippen LogP contribution in [0.15, 0.2) is 53.4 Å². The molecule has 0 aliphatic carbocycles. The minimum atomic E-state index is -1.02. The zero-order valence-electron chi connectivity index (χ0n) is 14.1. The van der Waals surface area contributed by atoms with Gasteiger partial charge in [0, 0.05) is 18.3 Å². The first-order chi connectivity index (χ1) is 12.8. The molecular formula is C19H14N2O4S2. The normalized spacial score (nSPS) is 15.3. The Balaban J connectivity index is 1.70. The molecule has 1 heterocycles. The highest BCUT2D eigenvalue weighted by atomic mass is 32.2. The van der Waals surface area contributed by atoms with E-state index in [2.05, 4.69) is 5.32 Å². The minimum Gasteiger partial charge on any atom is -0.478 e. The number of nitrogens with one attached hydrogen (secondary N) is 1. The summed E-state index contributed by atoms with van der Waals surface area (Å²) >= 11 is 6.33. The number of carboxylic acids is 1. The number of carboxylic acid groups (broad SMARTS) is 1. The molecule has 0 radical (unpaired) electrons. The van der Waals surface area contributed by atoms with Crippen LogP contribution in [0.3, 0.4) is 0 Å². The highest BCUT2D eigenvalue weighted by molar-refractivity contribution is 8.26. The summed E-state index contributed by atoms with van der Waals surface area (Å²) in [6.45, 7) is 0. The quantitative estimate of drug-likeness (QED) is 0.606. The third-order valence-electron chi connectivity index (χ3n) is 3.85. The van der Waals surface area contributed by atoms with Gasteiger partial charge in [-0.05, 0) is 48.0 Å². The predicted octanol–water partition coefficient (Wildman–Crippen LogP) is 3.47. The molecule has 1 aliphatic heterocycles. The van der Waals surface area contributed by atoms with Crippen molar-refractivity contribution in [1.29, 1.82) is 0 Å². The van der Waals surface area contributed by atoms with Crippen LogP contribution in [0.5, 0.6) is 0 Å². The maximum atomic E-state index is 12.3. The predicted molar refractivity (Wildman–Crippen MR) is 109 cm³/mol. The first-order valence-corrected chi connectivity index (χ1v) is 9.04. The summed E-state index contributed by atoms with van der Waals surface area (Å²) in [7, 11) is 1.63. The van der Waals surface area contributed by atoms with Crippen molar-refractivity contribution in [1.82, 2.24) is 4.90 Å². The molecule has 1 saturated heterocycles. The van der Waals surface area contributed by atoms with E-state index in [4.69, 9.17) is 17.3 Å². The number of aromatic carboxylic acids is 1. The second-order valence-corrected chi connectivity index (χ2v) is 7.38. The lowest BCUT2D eigenvalue weighted by Gasteiger charge is -2.06. The Morgan fingerprint density at radius 2 is 1.67 bits per heavy atom. The summed E-state index contributed by atoms with van der Waals surface area (Å²) in [5.41, 5.74) is 1.87. The molecular weight excluding hydrogens is 384 g/mol. The zero-order valence-corrected chi connectivity index (χ0v) is 15.8. The molecule has 27 heavy (non-hydrogen) atoms. The highest BCUT2D eigenvalue weighted by Gasteiger charge is 2.28. The lowest BCUT2D eigenvalue weighted by molar-refractivity contribution is -0.121. The van der Waals surface area contributed by atoms with E-state index in [0.29, 0.717) is 20.5 Å². The van der Waals surface area contributed by atoms with Crippen molar-refractivity contribution in [2.24, 2.45) is 0 Å². The van der Waals surface area contributed by atoms with E-state index in [1.54, 1.807) is 37.4 Å². The average Bonchev–Trinajstić information content (AvgIpc) is 2.89. The Morgan fingerprint density at radius 3 is 2.19 bits per heavy atom. The van der Waals surface area contributed by atoms with Crippen LogP contribution in [-0.4, -0.2) is 39.2 Å². The topological polar surface area (TPSA) is 86.7 Å². The van der Waals surface area contributed by atoms with Crippen LogP contribution < -0.4 is 5.32 Å². The van der Waals surface area contributed by atoms with Crippen molar-refractivity contribution in [3.8, 4) is 0 Å². The van der Waals surface area contributed by atoms with Crippen LogP contribution in [0.25, 0.3) is 6.08 Å². The van der Waals surface area contributed by atoms with Gasteiger partial charge in [0.2, 0.25) is 0 Å².